The van der Waals surface area contributed by atoms with E-state index in [4.69, 9.17) is 9.47 Å². The molecule has 0 bridgehead atoms. The first-order chi connectivity index (χ1) is 13.3. The maximum atomic E-state index is 12.3. The van der Waals surface area contributed by atoms with Crippen LogP contribution in [0.15, 0.2) is 48.0 Å². The summed E-state index contributed by atoms with van der Waals surface area (Å²) in [6.07, 6.45) is 0.329. The molecule has 0 fully saturated rings. The first-order valence-electron chi connectivity index (χ1n) is 8.69. The largest absolute Gasteiger partial charge is 0.497 e. The van der Waals surface area contributed by atoms with Crippen LogP contribution in [0.5, 0.6) is 5.75 Å². The molecule has 2 aromatic carbocycles. The molecular formula is C22H22N2O4. The Balaban J connectivity index is 2.07. The zero-order valence-electron chi connectivity index (χ0n) is 16.3. The molecule has 0 aliphatic rings. The summed E-state index contributed by atoms with van der Waals surface area (Å²) in [6.45, 7) is 5.29. The third kappa shape index (κ3) is 5.45. The number of nitrogens with zero attached hydrogens (tertiary/aromatic N) is 1. The number of aryl methyl sites for hydroxylation is 2. The van der Waals surface area contributed by atoms with Gasteiger partial charge in [-0.25, -0.2) is 4.79 Å². The molecule has 2 rings (SSSR count). The number of anilines is 1. The molecule has 6 nitrogen and oxygen atoms in total. The third-order valence-corrected chi connectivity index (χ3v) is 4.04. The molecule has 0 aromatic heterocycles. The fourth-order valence-electron chi connectivity index (χ4n) is 2.50. The second-order valence-electron chi connectivity index (χ2n) is 6.30. The van der Waals surface area contributed by atoms with Gasteiger partial charge < -0.3 is 14.8 Å². The number of methoxy groups -OCH3 is 1. The monoisotopic (exact) mass is 378 g/mol. The van der Waals surface area contributed by atoms with Crippen molar-refractivity contribution in [2.75, 3.05) is 12.4 Å². The van der Waals surface area contributed by atoms with Gasteiger partial charge in [-0.05, 0) is 56.2 Å². The van der Waals surface area contributed by atoms with Gasteiger partial charge >= 0.3 is 5.97 Å². The predicted molar refractivity (Wildman–Crippen MR) is 107 cm³/mol. The molecule has 1 atom stereocenters. The molecule has 0 saturated carbocycles. The number of benzene rings is 2. The lowest BCUT2D eigenvalue weighted by molar-refractivity contribution is -0.148. The molecule has 0 aliphatic carbocycles. The lowest BCUT2D eigenvalue weighted by atomic mass is 10.1. The van der Waals surface area contributed by atoms with Crippen LogP contribution in [0.2, 0.25) is 0 Å². The number of carbonyl (C=O) groups excluding carboxylic acids is 2. The molecule has 0 heterocycles. The highest BCUT2D eigenvalue weighted by Crippen LogP contribution is 2.18. The second kappa shape index (κ2) is 9.38. The Morgan fingerprint density at radius 1 is 1.18 bits per heavy atom. The van der Waals surface area contributed by atoms with E-state index in [-0.39, 0.29) is 5.57 Å². The highest BCUT2D eigenvalue weighted by Gasteiger charge is 2.21. The van der Waals surface area contributed by atoms with Crippen LogP contribution in [0.25, 0.3) is 6.08 Å². The standard InChI is InChI=1S/C22H22N2O4/c1-14-8-9-20(15(2)10-14)24-21(25)16(3)28-22(26)18(13-23)11-17-6-5-7-19(12-17)27-4/h5-12,16H,1-4H3,(H,24,25)/b18-11+/t16-/m1/s1. The van der Waals surface area contributed by atoms with E-state index in [2.05, 4.69) is 5.32 Å². The fraction of sp³-hybridized carbons (Fsp3) is 0.227. The molecule has 2 aromatic rings. The number of nitrogens with one attached hydrogen (secondary N) is 1. The van der Waals surface area contributed by atoms with Crippen molar-refractivity contribution >= 4 is 23.6 Å². The van der Waals surface area contributed by atoms with E-state index >= 15 is 0 Å². The molecule has 0 radical (unpaired) electrons. The van der Waals surface area contributed by atoms with Crippen molar-refractivity contribution in [2.45, 2.75) is 26.9 Å². The Morgan fingerprint density at radius 2 is 1.93 bits per heavy atom. The Bertz CT molecular complexity index is 957. The maximum absolute atomic E-state index is 12.3. The topological polar surface area (TPSA) is 88.4 Å². The molecule has 0 spiro atoms. The van der Waals surface area contributed by atoms with Gasteiger partial charge in [-0.15, -0.1) is 0 Å². The molecule has 0 unspecified atom stereocenters. The summed E-state index contributed by atoms with van der Waals surface area (Å²) >= 11 is 0. The van der Waals surface area contributed by atoms with E-state index in [1.807, 2.05) is 32.0 Å². The number of nitriles is 1. The minimum absolute atomic E-state index is 0.209. The number of rotatable bonds is 6. The maximum Gasteiger partial charge on any atom is 0.349 e. The average Bonchev–Trinajstić information content (AvgIpc) is 2.68. The molecular weight excluding hydrogens is 356 g/mol. The Kier molecular flexibility index (Phi) is 6.94. The summed E-state index contributed by atoms with van der Waals surface area (Å²) in [7, 11) is 1.53. The predicted octanol–water partition coefficient (Wildman–Crippen LogP) is 3.79. The minimum Gasteiger partial charge on any atom is -0.497 e. The number of esters is 1. The molecule has 0 aliphatic heterocycles. The highest BCUT2D eigenvalue weighted by atomic mass is 16.5. The van der Waals surface area contributed by atoms with Gasteiger partial charge in [-0.1, -0.05) is 29.8 Å². The van der Waals surface area contributed by atoms with Gasteiger partial charge in [0.15, 0.2) is 6.10 Å². The number of hydrogen-bond donors (Lipinski definition) is 1. The molecule has 144 valence electrons. The number of ether oxygens (including phenoxy) is 2. The molecule has 28 heavy (non-hydrogen) atoms. The van der Waals surface area contributed by atoms with Gasteiger partial charge in [0.1, 0.15) is 17.4 Å². The van der Waals surface area contributed by atoms with Crippen LogP contribution in [0.4, 0.5) is 5.69 Å². The summed E-state index contributed by atoms with van der Waals surface area (Å²) in [5.74, 6) is -0.742. The Labute approximate surface area is 164 Å². The summed E-state index contributed by atoms with van der Waals surface area (Å²) < 4.78 is 10.3. The van der Waals surface area contributed by atoms with Gasteiger partial charge in [0.25, 0.3) is 5.91 Å². The average molecular weight is 378 g/mol. The van der Waals surface area contributed by atoms with Gasteiger partial charge in [0, 0.05) is 5.69 Å². The van der Waals surface area contributed by atoms with E-state index in [9.17, 15) is 14.9 Å². The van der Waals surface area contributed by atoms with Crippen molar-refractivity contribution in [3.63, 3.8) is 0 Å². The lowest BCUT2D eigenvalue weighted by Gasteiger charge is -2.14. The number of amides is 1. The van der Waals surface area contributed by atoms with Gasteiger partial charge in [-0.2, -0.15) is 5.26 Å². The van der Waals surface area contributed by atoms with Crippen molar-refractivity contribution in [3.8, 4) is 11.8 Å². The molecule has 0 saturated heterocycles. The first kappa shape index (κ1) is 20.7. The summed E-state index contributed by atoms with van der Waals surface area (Å²) in [5, 5.41) is 12.0. The summed E-state index contributed by atoms with van der Waals surface area (Å²) in [4.78, 5) is 24.6. The van der Waals surface area contributed by atoms with Gasteiger partial charge in [0.05, 0.1) is 7.11 Å². The number of carbonyl (C=O) groups is 2. The lowest BCUT2D eigenvalue weighted by Crippen LogP contribution is -2.30. The van der Waals surface area contributed by atoms with Gasteiger partial charge in [0.2, 0.25) is 0 Å². The highest BCUT2D eigenvalue weighted by molar-refractivity contribution is 6.01. The minimum atomic E-state index is -1.06. The normalized spacial score (nSPS) is 11.9. The van der Waals surface area contributed by atoms with Crippen molar-refractivity contribution in [1.82, 2.24) is 0 Å². The van der Waals surface area contributed by atoms with E-state index < -0.39 is 18.0 Å². The molecule has 1 N–H and O–H groups in total. The quantitative estimate of drug-likeness (QED) is 0.469. The van der Waals surface area contributed by atoms with Crippen molar-refractivity contribution in [3.05, 3.63) is 64.7 Å². The van der Waals surface area contributed by atoms with Crippen molar-refractivity contribution < 1.29 is 19.1 Å². The molecule has 6 heteroatoms. The SMILES string of the molecule is COc1cccc(/C=C(\C#N)C(=O)O[C@H](C)C(=O)Nc2ccc(C)cc2C)c1. The Hall–Kier alpha value is -3.59. The molecule has 1 amide bonds. The van der Waals surface area contributed by atoms with Crippen LogP contribution >= 0.6 is 0 Å². The van der Waals surface area contributed by atoms with E-state index in [0.29, 0.717) is 17.0 Å². The van der Waals surface area contributed by atoms with E-state index in [0.717, 1.165) is 11.1 Å². The summed E-state index contributed by atoms with van der Waals surface area (Å²) in [6, 6.07) is 14.3. The second-order valence-corrected chi connectivity index (χ2v) is 6.30. The van der Waals surface area contributed by atoms with Crippen LogP contribution in [0.1, 0.15) is 23.6 Å². The zero-order valence-corrected chi connectivity index (χ0v) is 16.3. The third-order valence-electron chi connectivity index (χ3n) is 4.04. The van der Waals surface area contributed by atoms with Crippen molar-refractivity contribution in [2.24, 2.45) is 0 Å². The van der Waals surface area contributed by atoms with Crippen LogP contribution in [0.3, 0.4) is 0 Å². The number of hydrogen-bond acceptors (Lipinski definition) is 5. The fourth-order valence-corrected chi connectivity index (χ4v) is 2.50. The van der Waals surface area contributed by atoms with E-state index in [1.54, 1.807) is 30.3 Å². The van der Waals surface area contributed by atoms with Crippen LogP contribution in [-0.2, 0) is 14.3 Å². The summed E-state index contributed by atoms with van der Waals surface area (Å²) in [5.41, 5.74) is 3.03. The van der Waals surface area contributed by atoms with Crippen LogP contribution in [0, 0.1) is 25.2 Å². The van der Waals surface area contributed by atoms with Crippen molar-refractivity contribution in [1.29, 1.82) is 5.26 Å². The smallest absolute Gasteiger partial charge is 0.349 e. The van der Waals surface area contributed by atoms with Gasteiger partial charge in [-0.3, -0.25) is 4.79 Å². The Morgan fingerprint density at radius 3 is 2.57 bits per heavy atom. The first-order valence-corrected chi connectivity index (χ1v) is 8.69. The van der Waals surface area contributed by atoms with Crippen LogP contribution in [-0.4, -0.2) is 25.1 Å². The van der Waals surface area contributed by atoms with E-state index in [1.165, 1.54) is 20.1 Å². The van der Waals surface area contributed by atoms with Crippen LogP contribution < -0.4 is 10.1 Å². The zero-order chi connectivity index (χ0) is 20.7.